The first kappa shape index (κ1) is 11.7. The van der Waals surface area contributed by atoms with Crippen LogP contribution in [0.25, 0.3) is 0 Å². The van der Waals surface area contributed by atoms with Crippen molar-refractivity contribution in [2.45, 2.75) is 0 Å². The van der Waals surface area contributed by atoms with Gasteiger partial charge in [0.05, 0.1) is 17.8 Å². The second kappa shape index (κ2) is 5.53. The van der Waals surface area contributed by atoms with Gasteiger partial charge in [-0.3, -0.25) is 0 Å². The molecule has 1 aromatic carbocycles. The van der Waals surface area contributed by atoms with Crippen LogP contribution in [-0.2, 0) is 4.74 Å². The smallest absolute Gasteiger partial charge is 0.289 e. The molecule has 0 amide bonds. The monoisotopic (exact) mass is 243 g/mol. The Labute approximate surface area is 98.1 Å². The minimum atomic E-state index is -0.000413. The number of nitrogens with two attached hydrogens (primary N) is 1. The van der Waals surface area contributed by atoms with Gasteiger partial charge in [-0.25, -0.2) is 0 Å². The first-order valence-electron chi connectivity index (χ1n) is 4.07. The van der Waals surface area contributed by atoms with Gasteiger partial charge in [0, 0.05) is 0 Å². The number of rotatable bonds is 1. The number of thiocarbonyl (C=S) groups is 1. The van der Waals surface area contributed by atoms with Gasteiger partial charge in [-0.2, -0.15) is 4.99 Å². The third-order valence-corrected chi connectivity index (χ3v) is 2.06. The van der Waals surface area contributed by atoms with E-state index in [1.165, 1.54) is 7.11 Å². The van der Waals surface area contributed by atoms with Crippen LogP contribution in [-0.4, -0.2) is 18.2 Å². The number of nitrogens with one attached hydrogen (secondary N) is 1. The van der Waals surface area contributed by atoms with Crippen molar-refractivity contribution in [3.8, 4) is 0 Å². The summed E-state index contributed by atoms with van der Waals surface area (Å²) in [4.78, 5) is 3.77. The summed E-state index contributed by atoms with van der Waals surface area (Å²) in [6, 6.07) is 7.19. The number of hydrogen-bond donors (Lipinski definition) is 2. The molecule has 0 aliphatic rings. The lowest BCUT2D eigenvalue weighted by atomic mass is 10.3. The highest BCUT2D eigenvalue weighted by Gasteiger charge is 2.01. The first-order chi connectivity index (χ1) is 7.13. The summed E-state index contributed by atoms with van der Waals surface area (Å²) < 4.78 is 4.66. The molecule has 0 saturated carbocycles. The summed E-state index contributed by atoms with van der Waals surface area (Å²) in [5, 5.41) is 3.59. The maximum atomic E-state index is 5.91. The Morgan fingerprint density at radius 3 is 2.80 bits per heavy atom. The molecular formula is C9H10ClN3OS. The van der Waals surface area contributed by atoms with Crippen molar-refractivity contribution in [3.63, 3.8) is 0 Å². The molecule has 0 aliphatic carbocycles. The summed E-state index contributed by atoms with van der Waals surface area (Å²) in [7, 11) is 1.41. The molecule has 0 atom stereocenters. The number of benzene rings is 1. The zero-order valence-corrected chi connectivity index (χ0v) is 9.60. The number of methoxy groups -OCH3 is 1. The van der Waals surface area contributed by atoms with Crippen LogP contribution in [0.3, 0.4) is 0 Å². The SMILES string of the molecule is CO/C(N)=N/C(=S)Nc1ccccc1Cl. The lowest BCUT2D eigenvalue weighted by Crippen LogP contribution is -2.18. The predicted octanol–water partition coefficient (Wildman–Crippen LogP) is 2.00. The Morgan fingerprint density at radius 1 is 1.53 bits per heavy atom. The molecule has 4 nitrogen and oxygen atoms in total. The number of aliphatic imine (C=N–C) groups is 1. The summed E-state index contributed by atoms with van der Waals surface area (Å²) in [5.41, 5.74) is 6.01. The van der Waals surface area contributed by atoms with E-state index in [-0.39, 0.29) is 11.1 Å². The Balaban J connectivity index is 2.71. The standard InChI is InChI=1S/C9H10ClN3OS/c1-14-8(11)13-9(15)12-7-5-3-2-4-6(7)10/h2-5H,1H3,(H3,11,12,13,15). The van der Waals surface area contributed by atoms with Gasteiger partial charge in [0.15, 0.2) is 0 Å². The number of nitrogens with zero attached hydrogens (tertiary/aromatic N) is 1. The molecule has 6 heteroatoms. The molecule has 0 bridgehead atoms. The summed E-state index contributed by atoms with van der Waals surface area (Å²) in [5.74, 6) is 0. The molecule has 0 unspecified atom stereocenters. The summed E-state index contributed by atoms with van der Waals surface area (Å²) in [6.45, 7) is 0. The largest absolute Gasteiger partial charge is 0.468 e. The number of anilines is 1. The van der Waals surface area contributed by atoms with E-state index in [4.69, 9.17) is 29.6 Å². The van der Waals surface area contributed by atoms with Gasteiger partial charge >= 0.3 is 0 Å². The highest BCUT2D eigenvalue weighted by atomic mass is 35.5. The molecule has 0 spiro atoms. The highest BCUT2D eigenvalue weighted by Crippen LogP contribution is 2.20. The zero-order valence-electron chi connectivity index (χ0n) is 8.03. The minimum absolute atomic E-state index is 0.000413. The van der Waals surface area contributed by atoms with Gasteiger partial charge in [-0.15, -0.1) is 0 Å². The molecule has 80 valence electrons. The van der Waals surface area contributed by atoms with Gasteiger partial charge in [0.1, 0.15) is 0 Å². The van der Waals surface area contributed by atoms with E-state index in [1.807, 2.05) is 12.1 Å². The van der Waals surface area contributed by atoms with Crippen LogP contribution in [0, 0.1) is 0 Å². The Bertz CT molecular complexity index is 395. The zero-order chi connectivity index (χ0) is 11.3. The topological polar surface area (TPSA) is 59.6 Å². The fraction of sp³-hybridized carbons (Fsp3) is 0.111. The quantitative estimate of drug-likeness (QED) is 0.450. The molecule has 0 heterocycles. The van der Waals surface area contributed by atoms with Gasteiger partial charge in [0.2, 0.25) is 5.11 Å². The maximum absolute atomic E-state index is 5.91. The summed E-state index contributed by atoms with van der Waals surface area (Å²) in [6.07, 6.45) is 0. The second-order valence-electron chi connectivity index (χ2n) is 2.56. The normalized spacial score (nSPS) is 10.9. The number of hydrogen-bond acceptors (Lipinski definition) is 2. The fourth-order valence-electron chi connectivity index (χ4n) is 0.851. The molecule has 0 aromatic heterocycles. The van der Waals surface area contributed by atoms with Crippen LogP contribution in [0.2, 0.25) is 5.02 Å². The van der Waals surface area contributed by atoms with E-state index in [9.17, 15) is 0 Å². The molecular weight excluding hydrogens is 234 g/mol. The number of amidine groups is 1. The predicted molar refractivity (Wildman–Crippen MR) is 66.3 cm³/mol. The fourth-order valence-corrected chi connectivity index (χ4v) is 1.23. The van der Waals surface area contributed by atoms with Crippen LogP contribution in [0.4, 0.5) is 5.69 Å². The van der Waals surface area contributed by atoms with Gasteiger partial charge in [-0.1, -0.05) is 23.7 Å². The van der Waals surface area contributed by atoms with Crippen molar-refractivity contribution in [2.24, 2.45) is 10.7 Å². The van der Waals surface area contributed by atoms with Crippen molar-refractivity contribution >= 4 is 40.6 Å². The molecule has 0 aliphatic heterocycles. The van der Waals surface area contributed by atoms with Crippen molar-refractivity contribution < 1.29 is 4.74 Å². The van der Waals surface area contributed by atoms with Crippen molar-refractivity contribution in [3.05, 3.63) is 29.3 Å². The second-order valence-corrected chi connectivity index (χ2v) is 3.36. The van der Waals surface area contributed by atoms with Crippen LogP contribution in [0.15, 0.2) is 29.3 Å². The lowest BCUT2D eigenvalue weighted by Gasteiger charge is -2.05. The van der Waals surface area contributed by atoms with Crippen LogP contribution in [0.1, 0.15) is 0 Å². The molecule has 0 radical (unpaired) electrons. The Hall–Kier alpha value is -1.33. The van der Waals surface area contributed by atoms with Crippen LogP contribution in [0.5, 0.6) is 0 Å². The third-order valence-electron chi connectivity index (χ3n) is 1.54. The lowest BCUT2D eigenvalue weighted by molar-refractivity contribution is 0.397. The Kier molecular flexibility index (Phi) is 4.33. The molecule has 0 saturated heterocycles. The molecule has 1 aromatic rings. The minimum Gasteiger partial charge on any atom is -0.468 e. The van der Waals surface area contributed by atoms with Gasteiger partial charge in [0.25, 0.3) is 6.02 Å². The van der Waals surface area contributed by atoms with E-state index in [0.29, 0.717) is 10.7 Å². The molecule has 15 heavy (non-hydrogen) atoms. The van der Waals surface area contributed by atoms with E-state index < -0.39 is 0 Å². The number of halogens is 1. The van der Waals surface area contributed by atoms with Crippen molar-refractivity contribution in [1.82, 2.24) is 0 Å². The van der Waals surface area contributed by atoms with E-state index >= 15 is 0 Å². The van der Waals surface area contributed by atoms with E-state index in [1.54, 1.807) is 12.1 Å². The average molecular weight is 244 g/mol. The van der Waals surface area contributed by atoms with Gasteiger partial charge in [-0.05, 0) is 24.4 Å². The van der Waals surface area contributed by atoms with E-state index in [2.05, 4.69) is 15.0 Å². The third kappa shape index (κ3) is 3.73. The van der Waals surface area contributed by atoms with E-state index in [0.717, 1.165) is 0 Å². The summed E-state index contributed by atoms with van der Waals surface area (Å²) >= 11 is 10.8. The van der Waals surface area contributed by atoms with Gasteiger partial charge < -0.3 is 15.8 Å². The van der Waals surface area contributed by atoms with Crippen LogP contribution >= 0.6 is 23.8 Å². The van der Waals surface area contributed by atoms with Crippen LogP contribution < -0.4 is 11.1 Å². The maximum Gasteiger partial charge on any atom is 0.289 e. The van der Waals surface area contributed by atoms with Crippen molar-refractivity contribution in [2.75, 3.05) is 12.4 Å². The first-order valence-corrected chi connectivity index (χ1v) is 4.85. The number of ether oxygens (including phenoxy) is 1. The highest BCUT2D eigenvalue weighted by molar-refractivity contribution is 7.80. The molecule has 0 fully saturated rings. The number of para-hydroxylation sites is 1. The molecule has 1 rings (SSSR count). The molecule has 3 N–H and O–H groups in total. The average Bonchev–Trinajstić information content (AvgIpc) is 2.21. The Morgan fingerprint density at radius 2 is 2.20 bits per heavy atom. The van der Waals surface area contributed by atoms with Crippen molar-refractivity contribution in [1.29, 1.82) is 0 Å².